The third kappa shape index (κ3) is 2.26. The summed E-state index contributed by atoms with van der Waals surface area (Å²) >= 11 is 1.57. The smallest absolute Gasteiger partial charge is 0.256 e. The maximum Gasteiger partial charge on any atom is 0.256 e. The molecule has 0 aromatic heterocycles. The molecule has 0 radical (unpaired) electrons. The minimum Gasteiger partial charge on any atom is -0.371 e. The number of carbonyl (C=O) groups excluding carboxylic acids is 1. The third-order valence-electron chi connectivity index (χ3n) is 3.25. The van der Waals surface area contributed by atoms with E-state index in [1.54, 1.807) is 18.9 Å². The van der Waals surface area contributed by atoms with Gasteiger partial charge in [0.1, 0.15) is 10.6 Å². The summed E-state index contributed by atoms with van der Waals surface area (Å²) < 4.78 is 5.69. The monoisotopic (exact) mass is 227 g/mol. The average Bonchev–Trinajstić information content (AvgIpc) is 2.56. The Kier molecular flexibility index (Phi) is 3.46. The van der Waals surface area contributed by atoms with E-state index in [0.29, 0.717) is 5.75 Å². The van der Waals surface area contributed by atoms with Crippen molar-refractivity contribution in [1.82, 2.24) is 0 Å². The molecule has 0 atom stereocenters. The molecule has 0 aromatic rings. The minimum absolute atomic E-state index is 0.00401. The largest absolute Gasteiger partial charge is 0.371 e. The highest BCUT2D eigenvalue weighted by atomic mass is 32.2. The Balaban J connectivity index is 2.19. The van der Waals surface area contributed by atoms with E-state index in [4.69, 9.17) is 4.74 Å². The Bertz CT molecular complexity index is 280. The molecule has 84 valence electrons. The second-order valence-electron chi connectivity index (χ2n) is 4.21. The van der Waals surface area contributed by atoms with Crippen molar-refractivity contribution in [1.29, 1.82) is 0 Å². The van der Waals surface area contributed by atoms with Crippen LogP contribution in [0.5, 0.6) is 0 Å². The molecule has 3 nitrogen and oxygen atoms in total. The number of thioether (sulfide) groups is 1. The lowest BCUT2D eigenvalue weighted by Crippen LogP contribution is -2.38. The standard InChI is InChI=1S/C11H17NO2S/c1-14-11(6-4-2-3-5-7-11)10-12-9(13)8-15-10/h2-8H2,1H3. The van der Waals surface area contributed by atoms with Gasteiger partial charge in [-0.05, 0) is 12.8 Å². The van der Waals surface area contributed by atoms with Crippen molar-refractivity contribution >= 4 is 22.7 Å². The fourth-order valence-electron chi connectivity index (χ4n) is 2.35. The maximum absolute atomic E-state index is 11.2. The van der Waals surface area contributed by atoms with Crippen molar-refractivity contribution in [2.75, 3.05) is 12.9 Å². The van der Waals surface area contributed by atoms with Crippen molar-refractivity contribution in [3.8, 4) is 0 Å². The van der Waals surface area contributed by atoms with Crippen LogP contribution < -0.4 is 0 Å². The first-order valence-corrected chi connectivity index (χ1v) is 6.55. The Morgan fingerprint density at radius 1 is 1.27 bits per heavy atom. The van der Waals surface area contributed by atoms with Crippen molar-refractivity contribution < 1.29 is 9.53 Å². The Labute approximate surface area is 94.7 Å². The first kappa shape index (κ1) is 11.1. The second kappa shape index (κ2) is 4.66. The summed E-state index contributed by atoms with van der Waals surface area (Å²) in [6.07, 6.45) is 6.95. The molecule has 0 saturated heterocycles. The van der Waals surface area contributed by atoms with E-state index < -0.39 is 0 Å². The van der Waals surface area contributed by atoms with Gasteiger partial charge in [-0.3, -0.25) is 4.79 Å². The molecule has 2 rings (SSSR count). The topological polar surface area (TPSA) is 38.7 Å². The molecule has 2 aliphatic rings. The van der Waals surface area contributed by atoms with Gasteiger partial charge in [-0.2, -0.15) is 0 Å². The van der Waals surface area contributed by atoms with Crippen LogP contribution in [0.25, 0.3) is 0 Å². The number of methoxy groups -OCH3 is 1. The molecule has 1 saturated carbocycles. The number of hydrogen-bond acceptors (Lipinski definition) is 3. The molecule has 0 N–H and O–H groups in total. The molecule has 15 heavy (non-hydrogen) atoms. The Morgan fingerprint density at radius 2 is 1.93 bits per heavy atom. The number of ether oxygens (including phenoxy) is 1. The van der Waals surface area contributed by atoms with E-state index in [0.717, 1.165) is 17.9 Å². The average molecular weight is 227 g/mol. The lowest BCUT2D eigenvalue weighted by Gasteiger charge is -2.30. The fourth-order valence-corrected chi connectivity index (χ4v) is 3.39. The van der Waals surface area contributed by atoms with Gasteiger partial charge in [-0.25, -0.2) is 4.99 Å². The Morgan fingerprint density at radius 3 is 2.40 bits per heavy atom. The van der Waals surface area contributed by atoms with Crippen LogP contribution in [0, 0.1) is 0 Å². The third-order valence-corrected chi connectivity index (χ3v) is 4.38. The minimum atomic E-state index is -0.243. The van der Waals surface area contributed by atoms with Gasteiger partial charge in [0.25, 0.3) is 5.91 Å². The van der Waals surface area contributed by atoms with Crippen LogP contribution in [0.4, 0.5) is 0 Å². The van der Waals surface area contributed by atoms with Gasteiger partial charge in [0, 0.05) is 7.11 Å². The highest BCUT2D eigenvalue weighted by Gasteiger charge is 2.39. The normalized spacial score (nSPS) is 26.2. The Hall–Kier alpha value is -0.350. The highest BCUT2D eigenvalue weighted by molar-refractivity contribution is 8.15. The van der Waals surface area contributed by atoms with E-state index >= 15 is 0 Å². The molecule has 4 heteroatoms. The van der Waals surface area contributed by atoms with E-state index in [-0.39, 0.29) is 11.5 Å². The SMILES string of the molecule is COC1(C2=NC(=O)CS2)CCCCCC1. The number of aliphatic imine (C=N–C) groups is 1. The van der Waals surface area contributed by atoms with Crippen LogP contribution in [0.2, 0.25) is 0 Å². The summed E-state index contributed by atoms with van der Waals surface area (Å²) in [5, 5.41) is 0.928. The van der Waals surface area contributed by atoms with Crippen LogP contribution in [-0.2, 0) is 9.53 Å². The van der Waals surface area contributed by atoms with E-state index in [1.165, 1.54) is 25.7 Å². The molecule has 0 spiro atoms. The second-order valence-corrected chi connectivity index (χ2v) is 5.18. The van der Waals surface area contributed by atoms with Gasteiger partial charge in [0.15, 0.2) is 0 Å². The molecule has 1 aliphatic carbocycles. The molecular formula is C11H17NO2S. The molecule has 0 aromatic carbocycles. The number of amides is 1. The van der Waals surface area contributed by atoms with Crippen LogP contribution in [-0.4, -0.2) is 29.4 Å². The fraction of sp³-hybridized carbons (Fsp3) is 0.818. The maximum atomic E-state index is 11.2. The van der Waals surface area contributed by atoms with E-state index in [2.05, 4.69) is 4.99 Å². The molecule has 1 fully saturated rings. The van der Waals surface area contributed by atoms with Gasteiger partial charge >= 0.3 is 0 Å². The lowest BCUT2D eigenvalue weighted by atomic mass is 9.95. The number of carbonyl (C=O) groups is 1. The van der Waals surface area contributed by atoms with Crippen molar-refractivity contribution in [3.63, 3.8) is 0 Å². The molecule has 1 heterocycles. The van der Waals surface area contributed by atoms with E-state index in [1.807, 2.05) is 0 Å². The van der Waals surface area contributed by atoms with Crippen LogP contribution >= 0.6 is 11.8 Å². The predicted molar refractivity (Wildman–Crippen MR) is 62.3 cm³/mol. The van der Waals surface area contributed by atoms with Crippen LogP contribution in [0.1, 0.15) is 38.5 Å². The molecular weight excluding hydrogens is 210 g/mol. The first-order chi connectivity index (χ1) is 7.27. The highest BCUT2D eigenvalue weighted by Crippen LogP contribution is 2.36. The number of nitrogens with zero attached hydrogens (tertiary/aromatic N) is 1. The molecule has 0 unspecified atom stereocenters. The molecule has 0 bridgehead atoms. The van der Waals surface area contributed by atoms with Gasteiger partial charge in [-0.1, -0.05) is 37.4 Å². The summed E-state index contributed by atoms with van der Waals surface area (Å²) in [5.74, 6) is 0.496. The number of hydrogen-bond donors (Lipinski definition) is 0. The zero-order valence-electron chi connectivity index (χ0n) is 9.12. The number of rotatable bonds is 2. The van der Waals surface area contributed by atoms with Crippen molar-refractivity contribution in [3.05, 3.63) is 0 Å². The lowest BCUT2D eigenvalue weighted by molar-refractivity contribution is -0.115. The predicted octanol–water partition coefficient (Wildman–Crippen LogP) is 2.40. The van der Waals surface area contributed by atoms with Crippen molar-refractivity contribution in [2.24, 2.45) is 4.99 Å². The van der Waals surface area contributed by atoms with Crippen LogP contribution in [0.15, 0.2) is 4.99 Å². The van der Waals surface area contributed by atoms with Gasteiger partial charge in [0.05, 0.1) is 5.75 Å². The van der Waals surface area contributed by atoms with Gasteiger partial charge < -0.3 is 4.74 Å². The zero-order chi connectivity index (χ0) is 10.7. The van der Waals surface area contributed by atoms with Gasteiger partial charge in [0.2, 0.25) is 0 Å². The van der Waals surface area contributed by atoms with Crippen molar-refractivity contribution in [2.45, 2.75) is 44.1 Å². The summed E-state index contributed by atoms with van der Waals surface area (Å²) in [7, 11) is 1.75. The zero-order valence-corrected chi connectivity index (χ0v) is 9.94. The summed E-state index contributed by atoms with van der Waals surface area (Å²) in [5.41, 5.74) is -0.243. The summed E-state index contributed by atoms with van der Waals surface area (Å²) in [6, 6.07) is 0. The quantitative estimate of drug-likeness (QED) is 0.680. The molecule has 1 amide bonds. The van der Waals surface area contributed by atoms with Gasteiger partial charge in [-0.15, -0.1) is 0 Å². The first-order valence-electron chi connectivity index (χ1n) is 5.57. The van der Waals surface area contributed by atoms with E-state index in [9.17, 15) is 4.79 Å². The van der Waals surface area contributed by atoms with Crippen LogP contribution in [0.3, 0.4) is 0 Å². The summed E-state index contributed by atoms with van der Waals surface area (Å²) in [4.78, 5) is 15.3. The molecule has 1 aliphatic heterocycles. The summed E-state index contributed by atoms with van der Waals surface area (Å²) in [6.45, 7) is 0.